The molecule has 2 amide bonds. The van der Waals surface area contributed by atoms with Crippen LogP contribution in [0.4, 0.5) is 0 Å². The molecule has 10 nitrogen and oxygen atoms in total. The lowest BCUT2D eigenvalue weighted by molar-refractivity contribution is -0.151. The number of piperidine rings is 1. The van der Waals surface area contributed by atoms with Crippen LogP contribution >= 0.6 is 0 Å². The van der Waals surface area contributed by atoms with Crippen LogP contribution in [0.25, 0.3) is 11.3 Å². The van der Waals surface area contributed by atoms with E-state index in [1.54, 1.807) is 49.1 Å². The van der Waals surface area contributed by atoms with Gasteiger partial charge in [-0.25, -0.2) is 0 Å². The average molecular weight is 488 g/mol. The van der Waals surface area contributed by atoms with E-state index in [0.717, 1.165) is 5.56 Å². The zero-order valence-electron chi connectivity index (χ0n) is 20.5. The van der Waals surface area contributed by atoms with Crippen molar-refractivity contribution in [2.45, 2.75) is 26.2 Å². The van der Waals surface area contributed by atoms with Crippen LogP contribution < -0.4 is 4.74 Å². The summed E-state index contributed by atoms with van der Waals surface area (Å²) in [5.74, 6) is 0.428. The van der Waals surface area contributed by atoms with E-state index in [1.165, 1.54) is 0 Å². The van der Waals surface area contributed by atoms with Crippen molar-refractivity contribution in [1.82, 2.24) is 15.0 Å². The van der Waals surface area contributed by atoms with Crippen LogP contribution in [-0.4, -0.2) is 86.4 Å². The number of ether oxygens (including phenoxy) is 3. The molecule has 2 heterocycles. The Bertz CT molecular complexity index is 981. The van der Waals surface area contributed by atoms with Crippen LogP contribution in [0, 0.1) is 5.92 Å². The van der Waals surface area contributed by atoms with Gasteiger partial charge in [0, 0.05) is 51.3 Å². The SMILES string of the molecule is CCOC(=O)C1CCN(C(=O)CCN(CCOC)C(=O)c2cc(-c3ccc(OC)cc3)on2)CC1. The van der Waals surface area contributed by atoms with Gasteiger partial charge in [0.1, 0.15) is 5.75 Å². The fourth-order valence-corrected chi connectivity index (χ4v) is 3.96. The van der Waals surface area contributed by atoms with Gasteiger partial charge in [0.2, 0.25) is 5.91 Å². The van der Waals surface area contributed by atoms with E-state index < -0.39 is 0 Å². The number of likely N-dealkylation sites (tertiary alicyclic amines) is 1. The summed E-state index contributed by atoms with van der Waals surface area (Å²) in [4.78, 5) is 41.1. The van der Waals surface area contributed by atoms with Crippen LogP contribution in [0.5, 0.6) is 5.75 Å². The standard InChI is InChI=1S/C25H33N3O7/c1-4-34-25(31)19-9-12-27(13-10-19)23(29)11-14-28(15-16-32-2)24(30)21-17-22(35-26-21)18-5-7-20(33-3)8-6-18/h5-8,17,19H,4,9-16H2,1-3H3. The molecule has 0 bridgehead atoms. The maximum Gasteiger partial charge on any atom is 0.309 e. The summed E-state index contributed by atoms with van der Waals surface area (Å²) in [5.41, 5.74) is 0.928. The molecule has 2 aromatic rings. The maximum atomic E-state index is 13.1. The number of benzene rings is 1. The van der Waals surface area contributed by atoms with Crippen molar-refractivity contribution in [3.63, 3.8) is 0 Å². The summed E-state index contributed by atoms with van der Waals surface area (Å²) < 4.78 is 20.8. The lowest BCUT2D eigenvalue weighted by atomic mass is 9.97. The normalized spacial score (nSPS) is 14.0. The number of rotatable bonds is 11. The van der Waals surface area contributed by atoms with E-state index in [0.29, 0.717) is 57.2 Å². The highest BCUT2D eigenvalue weighted by molar-refractivity contribution is 5.93. The Balaban J connectivity index is 1.58. The van der Waals surface area contributed by atoms with Gasteiger partial charge in [-0.1, -0.05) is 5.16 Å². The second-order valence-electron chi connectivity index (χ2n) is 8.25. The van der Waals surface area contributed by atoms with E-state index >= 15 is 0 Å². The number of hydrogen-bond acceptors (Lipinski definition) is 8. The van der Waals surface area contributed by atoms with Crippen LogP contribution in [0.2, 0.25) is 0 Å². The Morgan fingerprint density at radius 2 is 1.83 bits per heavy atom. The van der Waals surface area contributed by atoms with E-state index in [1.807, 2.05) is 12.1 Å². The lowest BCUT2D eigenvalue weighted by Gasteiger charge is -2.31. The molecule has 0 saturated carbocycles. The summed E-state index contributed by atoms with van der Waals surface area (Å²) in [6, 6.07) is 8.82. The highest BCUT2D eigenvalue weighted by Gasteiger charge is 2.29. The predicted molar refractivity (Wildman–Crippen MR) is 127 cm³/mol. The third-order valence-corrected chi connectivity index (χ3v) is 6.02. The highest BCUT2D eigenvalue weighted by Crippen LogP contribution is 2.24. The average Bonchev–Trinajstić information content (AvgIpc) is 3.39. The number of carbonyl (C=O) groups is 3. The minimum absolute atomic E-state index is 0.0541. The molecule has 10 heteroatoms. The van der Waals surface area contributed by atoms with Crippen LogP contribution in [0.3, 0.4) is 0 Å². The summed E-state index contributed by atoms with van der Waals surface area (Å²) >= 11 is 0. The molecule has 1 aliphatic heterocycles. The molecule has 0 unspecified atom stereocenters. The Morgan fingerprint density at radius 1 is 1.11 bits per heavy atom. The van der Waals surface area contributed by atoms with Gasteiger partial charge in [-0.2, -0.15) is 0 Å². The van der Waals surface area contributed by atoms with Gasteiger partial charge in [0.15, 0.2) is 11.5 Å². The number of amides is 2. The van der Waals surface area contributed by atoms with Crippen LogP contribution in [0.15, 0.2) is 34.9 Å². The molecule has 0 aliphatic carbocycles. The van der Waals surface area contributed by atoms with Crippen LogP contribution in [0.1, 0.15) is 36.7 Å². The highest BCUT2D eigenvalue weighted by atomic mass is 16.5. The first-order valence-corrected chi connectivity index (χ1v) is 11.8. The number of carbonyl (C=O) groups excluding carboxylic acids is 3. The third-order valence-electron chi connectivity index (χ3n) is 6.02. The van der Waals surface area contributed by atoms with Crippen molar-refractivity contribution >= 4 is 17.8 Å². The molecule has 3 rings (SSSR count). The molecular formula is C25H33N3O7. The molecule has 1 aromatic carbocycles. The Kier molecular flexibility index (Phi) is 9.66. The zero-order chi connectivity index (χ0) is 25.2. The first-order valence-electron chi connectivity index (χ1n) is 11.8. The first-order chi connectivity index (χ1) is 17.0. The maximum absolute atomic E-state index is 13.1. The molecular weight excluding hydrogens is 454 g/mol. The second-order valence-corrected chi connectivity index (χ2v) is 8.25. The van der Waals surface area contributed by atoms with E-state index in [2.05, 4.69) is 5.16 Å². The van der Waals surface area contributed by atoms with Crippen molar-refractivity contribution in [1.29, 1.82) is 0 Å². The largest absolute Gasteiger partial charge is 0.497 e. The van der Waals surface area contributed by atoms with E-state index in [4.69, 9.17) is 18.7 Å². The summed E-state index contributed by atoms with van der Waals surface area (Å²) in [6.45, 7) is 4.02. The number of nitrogens with zero attached hydrogens (tertiary/aromatic N) is 3. The van der Waals surface area contributed by atoms with Gasteiger partial charge in [0.25, 0.3) is 5.91 Å². The summed E-state index contributed by atoms with van der Waals surface area (Å²) in [5, 5.41) is 3.94. The van der Waals surface area contributed by atoms with Gasteiger partial charge >= 0.3 is 5.97 Å². The molecule has 1 aromatic heterocycles. The van der Waals surface area contributed by atoms with Crippen molar-refractivity contribution in [2.75, 3.05) is 53.6 Å². The Morgan fingerprint density at radius 3 is 2.46 bits per heavy atom. The molecule has 0 spiro atoms. The Labute approximate surface area is 205 Å². The lowest BCUT2D eigenvalue weighted by Crippen LogP contribution is -2.43. The van der Waals surface area contributed by atoms with Gasteiger partial charge in [-0.05, 0) is 44.0 Å². The van der Waals surface area contributed by atoms with Crippen molar-refractivity contribution in [3.05, 3.63) is 36.0 Å². The minimum Gasteiger partial charge on any atom is -0.497 e. The Hall–Kier alpha value is -3.40. The molecule has 0 radical (unpaired) electrons. The smallest absolute Gasteiger partial charge is 0.309 e. The van der Waals surface area contributed by atoms with Gasteiger partial charge in [-0.3, -0.25) is 14.4 Å². The zero-order valence-corrected chi connectivity index (χ0v) is 20.5. The fraction of sp³-hybridized carbons (Fsp3) is 0.520. The number of methoxy groups -OCH3 is 2. The molecule has 0 atom stereocenters. The van der Waals surface area contributed by atoms with E-state index in [9.17, 15) is 14.4 Å². The first kappa shape index (κ1) is 26.2. The monoisotopic (exact) mass is 487 g/mol. The summed E-state index contributed by atoms with van der Waals surface area (Å²) in [7, 11) is 3.14. The quantitative estimate of drug-likeness (QED) is 0.445. The predicted octanol–water partition coefficient (Wildman–Crippen LogP) is 2.63. The van der Waals surface area contributed by atoms with Crippen molar-refractivity contribution in [3.8, 4) is 17.1 Å². The summed E-state index contributed by atoms with van der Waals surface area (Å²) in [6.07, 6.45) is 1.34. The number of aromatic nitrogens is 1. The van der Waals surface area contributed by atoms with Gasteiger partial charge < -0.3 is 28.5 Å². The van der Waals surface area contributed by atoms with Crippen molar-refractivity contribution in [2.24, 2.45) is 5.92 Å². The molecule has 0 N–H and O–H groups in total. The number of esters is 1. The molecule has 35 heavy (non-hydrogen) atoms. The fourth-order valence-electron chi connectivity index (χ4n) is 3.96. The second kappa shape index (κ2) is 12.9. The van der Waals surface area contributed by atoms with Crippen LogP contribution in [-0.2, 0) is 19.1 Å². The minimum atomic E-state index is -0.334. The molecule has 1 aliphatic rings. The van der Waals surface area contributed by atoms with Crippen molar-refractivity contribution < 1.29 is 33.1 Å². The third kappa shape index (κ3) is 7.05. The molecule has 190 valence electrons. The van der Waals surface area contributed by atoms with E-state index in [-0.39, 0.29) is 42.4 Å². The topological polar surface area (TPSA) is 111 Å². The van der Waals surface area contributed by atoms with Gasteiger partial charge in [0.05, 0.1) is 26.2 Å². The molecule has 1 fully saturated rings. The molecule has 1 saturated heterocycles. The van der Waals surface area contributed by atoms with Gasteiger partial charge in [-0.15, -0.1) is 0 Å². The number of hydrogen-bond donors (Lipinski definition) is 0.